The Labute approximate surface area is 206 Å². The van der Waals surface area contributed by atoms with E-state index in [2.05, 4.69) is 10.6 Å². The molecule has 0 aliphatic heterocycles. The van der Waals surface area contributed by atoms with Crippen LogP contribution in [0.25, 0.3) is 0 Å². The third kappa shape index (κ3) is 8.83. The van der Waals surface area contributed by atoms with E-state index in [1.165, 1.54) is 18.8 Å². The molecule has 0 spiro atoms. The highest BCUT2D eigenvalue weighted by molar-refractivity contribution is 7.99. The lowest BCUT2D eigenvalue weighted by Gasteiger charge is -2.27. The van der Waals surface area contributed by atoms with Crippen molar-refractivity contribution >= 4 is 29.6 Å². The standard InChI is InChI=1S/C26H35N3O4S/c1-19(2)17-28-26(32)29(33)25(31)23(34-18-21-13-8-5-9-14-21)22(24(30)27-3)16-10-15-20-11-6-4-7-12-20/h4-9,11-14,19,22-23,33H,10,15-18H2,1-3H3,(H,27,30)(H,28,32)/t22-,23?/m0/s1. The molecule has 4 amide bonds. The van der Waals surface area contributed by atoms with Crippen LogP contribution in [0, 0.1) is 11.8 Å². The van der Waals surface area contributed by atoms with Crippen LogP contribution in [0.15, 0.2) is 60.7 Å². The number of thioether (sulfide) groups is 1. The maximum Gasteiger partial charge on any atom is 0.348 e. The van der Waals surface area contributed by atoms with Crippen LogP contribution in [0.4, 0.5) is 4.79 Å². The summed E-state index contributed by atoms with van der Waals surface area (Å²) in [5.41, 5.74) is 2.13. The fraction of sp³-hybridized carbons (Fsp3) is 0.423. The molecule has 0 saturated heterocycles. The monoisotopic (exact) mass is 485 g/mol. The molecule has 0 fully saturated rings. The van der Waals surface area contributed by atoms with Crippen LogP contribution in [0.2, 0.25) is 0 Å². The van der Waals surface area contributed by atoms with Gasteiger partial charge in [0.05, 0.1) is 11.2 Å². The SMILES string of the molecule is CNC(=O)[C@@H](CCCc1ccccc1)C(SCc1ccccc1)C(=O)N(O)C(=O)NCC(C)C. The van der Waals surface area contributed by atoms with E-state index in [9.17, 15) is 19.6 Å². The topological polar surface area (TPSA) is 98.7 Å². The Hall–Kier alpha value is -2.84. The van der Waals surface area contributed by atoms with Crippen LogP contribution < -0.4 is 10.6 Å². The van der Waals surface area contributed by atoms with Gasteiger partial charge in [-0.2, -0.15) is 0 Å². The molecule has 2 atom stereocenters. The maximum absolute atomic E-state index is 13.3. The zero-order valence-corrected chi connectivity index (χ0v) is 20.9. The van der Waals surface area contributed by atoms with Crippen LogP contribution in [-0.4, -0.2) is 47.0 Å². The number of hydrogen-bond donors (Lipinski definition) is 3. The molecule has 0 aromatic heterocycles. The second-order valence-corrected chi connectivity index (χ2v) is 9.68. The molecule has 0 heterocycles. The normalized spacial score (nSPS) is 12.6. The molecule has 0 saturated carbocycles. The van der Waals surface area contributed by atoms with Gasteiger partial charge in [-0.05, 0) is 36.3 Å². The fourth-order valence-electron chi connectivity index (χ4n) is 3.48. The first-order chi connectivity index (χ1) is 16.3. The van der Waals surface area contributed by atoms with Gasteiger partial charge < -0.3 is 10.6 Å². The van der Waals surface area contributed by atoms with Crippen molar-refractivity contribution in [3.63, 3.8) is 0 Å². The number of nitrogens with one attached hydrogen (secondary N) is 2. The van der Waals surface area contributed by atoms with Crippen LogP contribution >= 0.6 is 11.8 Å². The van der Waals surface area contributed by atoms with Gasteiger partial charge >= 0.3 is 6.03 Å². The van der Waals surface area contributed by atoms with Gasteiger partial charge in [-0.1, -0.05) is 74.5 Å². The third-order valence-corrected chi connectivity index (χ3v) is 6.74. The van der Waals surface area contributed by atoms with Gasteiger partial charge in [-0.3, -0.25) is 14.8 Å². The summed E-state index contributed by atoms with van der Waals surface area (Å²) in [5, 5.41) is 14.8. The first-order valence-corrected chi connectivity index (χ1v) is 12.6. The summed E-state index contributed by atoms with van der Waals surface area (Å²) < 4.78 is 0. The Balaban J connectivity index is 2.20. The van der Waals surface area contributed by atoms with Gasteiger partial charge in [0.2, 0.25) is 5.91 Å². The van der Waals surface area contributed by atoms with Crippen molar-refractivity contribution in [2.24, 2.45) is 11.8 Å². The van der Waals surface area contributed by atoms with Crippen molar-refractivity contribution in [3.8, 4) is 0 Å². The number of nitrogens with zero attached hydrogens (tertiary/aromatic N) is 1. The highest BCUT2D eigenvalue weighted by Crippen LogP contribution is 2.29. The van der Waals surface area contributed by atoms with Gasteiger partial charge in [-0.15, -0.1) is 16.8 Å². The van der Waals surface area contributed by atoms with Crippen LogP contribution in [0.3, 0.4) is 0 Å². The molecule has 0 aliphatic rings. The van der Waals surface area contributed by atoms with Gasteiger partial charge in [0.15, 0.2) is 0 Å². The van der Waals surface area contributed by atoms with E-state index in [-0.39, 0.29) is 16.9 Å². The van der Waals surface area contributed by atoms with E-state index in [0.717, 1.165) is 17.5 Å². The minimum Gasteiger partial charge on any atom is -0.359 e. The van der Waals surface area contributed by atoms with Gasteiger partial charge in [0.25, 0.3) is 5.91 Å². The number of aryl methyl sites for hydroxylation is 1. The molecule has 184 valence electrons. The van der Waals surface area contributed by atoms with Crippen molar-refractivity contribution in [1.82, 2.24) is 15.7 Å². The number of amides is 4. The Morgan fingerprint density at radius 3 is 2.12 bits per heavy atom. The van der Waals surface area contributed by atoms with Crippen LogP contribution in [0.1, 0.15) is 37.8 Å². The molecule has 8 heteroatoms. The Kier molecular flexibility index (Phi) is 11.6. The Morgan fingerprint density at radius 1 is 0.971 bits per heavy atom. The van der Waals surface area contributed by atoms with Gasteiger partial charge in [0, 0.05) is 19.3 Å². The van der Waals surface area contributed by atoms with E-state index in [1.807, 2.05) is 74.5 Å². The first kappa shape index (κ1) is 27.4. The molecule has 2 aromatic rings. The van der Waals surface area contributed by atoms with Crippen LogP contribution in [0.5, 0.6) is 0 Å². The van der Waals surface area contributed by atoms with Crippen molar-refractivity contribution < 1.29 is 19.6 Å². The average molecular weight is 486 g/mol. The van der Waals surface area contributed by atoms with E-state index in [1.54, 1.807) is 0 Å². The molecule has 3 N–H and O–H groups in total. The first-order valence-electron chi connectivity index (χ1n) is 11.5. The second-order valence-electron chi connectivity index (χ2n) is 8.55. The summed E-state index contributed by atoms with van der Waals surface area (Å²) in [6, 6.07) is 18.6. The molecule has 2 rings (SSSR count). The lowest BCUT2D eigenvalue weighted by atomic mass is 9.94. The minimum atomic E-state index is -0.925. The third-order valence-electron chi connectivity index (χ3n) is 5.35. The number of rotatable bonds is 12. The second kappa shape index (κ2) is 14.4. The zero-order chi connectivity index (χ0) is 24.9. The summed E-state index contributed by atoms with van der Waals surface area (Å²) in [5.74, 6) is -1.17. The number of hydrogen-bond acceptors (Lipinski definition) is 5. The van der Waals surface area contributed by atoms with E-state index in [4.69, 9.17) is 0 Å². The predicted octanol–water partition coefficient (Wildman–Crippen LogP) is 4.26. The molecule has 1 unspecified atom stereocenters. The summed E-state index contributed by atoms with van der Waals surface area (Å²) in [7, 11) is 1.53. The molecule has 0 bridgehead atoms. The molecule has 34 heavy (non-hydrogen) atoms. The van der Waals surface area contributed by atoms with E-state index < -0.39 is 23.1 Å². The van der Waals surface area contributed by atoms with Crippen molar-refractivity contribution in [1.29, 1.82) is 0 Å². The lowest BCUT2D eigenvalue weighted by molar-refractivity contribution is -0.154. The van der Waals surface area contributed by atoms with Crippen molar-refractivity contribution in [2.75, 3.05) is 13.6 Å². The summed E-state index contributed by atoms with van der Waals surface area (Å²) in [6.45, 7) is 4.15. The predicted molar refractivity (Wildman–Crippen MR) is 135 cm³/mol. The molecule has 0 aliphatic carbocycles. The Bertz CT molecular complexity index is 909. The maximum atomic E-state index is 13.3. The molecule has 7 nitrogen and oxygen atoms in total. The largest absolute Gasteiger partial charge is 0.359 e. The van der Waals surface area contributed by atoms with Crippen LogP contribution in [-0.2, 0) is 21.8 Å². The number of urea groups is 1. The smallest absolute Gasteiger partial charge is 0.348 e. The minimum absolute atomic E-state index is 0.123. The number of benzene rings is 2. The number of imide groups is 1. The van der Waals surface area contributed by atoms with Crippen molar-refractivity contribution in [2.45, 2.75) is 44.1 Å². The van der Waals surface area contributed by atoms with E-state index >= 15 is 0 Å². The molecule has 0 radical (unpaired) electrons. The summed E-state index contributed by atoms with van der Waals surface area (Å²) in [4.78, 5) is 38.5. The van der Waals surface area contributed by atoms with Crippen molar-refractivity contribution in [3.05, 3.63) is 71.8 Å². The fourth-order valence-corrected chi connectivity index (χ4v) is 4.78. The van der Waals surface area contributed by atoms with Gasteiger partial charge in [-0.25, -0.2) is 4.79 Å². The number of carbonyl (C=O) groups excluding carboxylic acids is 3. The summed E-state index contributed by atoms with van der Waals surface area (Å²) >= 11 is 1.26. The highest BCUT2D eigenvalue weighted by atomic mass is 32.2. The number of carbonyl (C=O) groups is 3. The molecule has 2 aromatic carbocycles. The van der Waals surface area contributed by atoms with E-state index in [0.29, 0.717) is 25.1 Å². The summed E-state index contributed by atoms with van der Waals surface area (Å²) in [6.07, 6.45) is 1.88. The average Bonchev–Trinajstić information content (AvgIpc) is 2.86. The highest BCUT2D eigenvalue weighted by Gasteiger charge is 2.38. The van der Waals surface area contributed by atoms with Gasteiger partial charge in [0.1, 0.15) is 0 Å². The number of hydroxylamine groups is 2. The quantitative estimate of drug-likeness (QED) is 0.308. The Morgan fingerprint density at radius 2 is 1.56 bits per heavy atom. The molecular weight excluding hydrogens is 450 g/mol. The molecular formula is C26H35N3O4S. The zero-order valence-electron chi connectivity index (χ0n) is 20.1. The lowest BCUT2D eigenvalue weighted by Crippen LogP contribution is -2.50.